The van der Waals surface area contributed by atoms with Gasteiger partial charge in [-0.3, -0.25) is 0 Å². The third-order valence-corrected chi connectivity index (χ3v) is 5.44. The number of nitriles is 2. The van der Waals surface area contributed by atoms with Crippen LogP contribution in [0.2, 0.25) is 0 Å². The summed E-state index contributed by atoms with van der Waals surface area (Å²) in [5, 5.41) is 21.3. The molecule has 102 valence electrons. The van der Waals surface area contributed by atoms with Crippen LogP contribution < -0.4 is 4.90 Å². The Kier molecular flexibility index (Phi) is 3.39. The second kappa shape index (κ2) is 5.21. The number of allylic oxidation sites excluding steroid dienone is 1. The molecular formula is C16H11N3S2. The molecule has 0 amide bonds. The molecule has 2 aromatic heterocycles. The highest BCUT2D eigenvalue weighted by Crippen LogP contribution is 2.37. The van der Waals surface area contributed by atoms with E-state index in [9.17, 15) is 0 Å². The Balaban J connectivity index is 2.14. The summed E-state index contributed by atoms with van der Waals surface area (Å²) < 4.78 is 2.42. The molecule has 0 fully saturated rings. The van der Waals surface area contributed by atoms with Crippen molar-refractivity contribution in [1.82, 2.24) is 0 Å². The van der Waals surface area contributed by atoms with Crippen molar-refractivity contribution in [2.24, 2.45) is 0 Å². The zero-order valence-corrected chi connectivity index (χ0v) is 13.2. The lowest BCUT2D eigenvalue weighted by Crippen LogP contribution is -2.05. The van der Waals surface area contributed by atoms with Crippen LogP contribution in [0.1, 0.15) is 4.88 Å². The third-order valence-electron chi connectivity index (χ3n) is 3.13. The molecule has 0 unspecified atom stereocenters. The van der Waals surface area contributed by atoms with Crippen LogP contribution in [0.5, 0.6) is 0 Å². The highest BCUT2D eigenvalue weighted by molar-refractivity contribution is 7.23. The zero-order chi connectivity index (χ0) is 15.0. The molecule has 0 N–H and O–H groups in total. The summed E-state index contributed by atoms with van der Waals surface area (Å²) in [6.45, 7) is 0. The zero-order valence-electron chi connectivity index (χ0n) is 11.5. The Morgan fingerprint density at radius 3 is 2.24 bits per heavy atom. The van der Waals surface area contributed by atoms with Crippen molar-refractivity contribution in [1.29, 1.82) is 10.5 Å². The van der Waals surface area contributed by atoms with Crippen LogP contribution >= 0.6 is 22.7 Å². The van der Waals surface area contributed by atoms with Gasteiger partial charge in [-0.2, -0.15) is 10.5 Å². The van der Waals surface area contributed by atoms with Crippen molar-refractivity contribution in [2.45, 2.75) is 0 Å². The normalized spacial score (nSPS) is 10.3. The molecule has 3 aromatic rings. The second-order valence-electron chi connectivity index (χ2n) is 4.84. The van der Waals surface area contributed by atoms with Gasteiger partial charge in [0.1, 0.15) is 17.7 Å². The smallest absolute Gasteiger partial charge is 0.131 e. The van der Waals surface area contributed by atoms with E-state index in [2.05, 4.69) is 23.1 Å². The summed E-state index contributed by atoms with van der Waals surface area (Å²) in [5.41, 5.74) is 0.137. The van der Waals surface area contributed by atoms with Gasteiger partial charge in [-0.05, 0) is 41.1 Å². The average Bonchev–Trinajstić information content (AvgIpc) is 3.04. The monoisotopic (exact) mass is 309 g/mol. The third kappa shape index (κ3) is 2.50. The molecule has 21 heavy (non-hydrogen) atoms. The molecule has 3 nitrogen and oxygen atoms in total. The fraction of sp³-hybridized carbons (Fsp3) is 0.125. The quantitative estimate of drug-likeness (QED) is 0.649. The molecule has 1 aromatic carbocycles. The Labute approximate surface area is 130 Å². The highest BCUT2D eigenvalue weighted by atomic mass is 32.1. The molecule has 0 aliphatic rings. The summed E-state index contributed by atoms with van der Waals surface area (Å²) in [7, 11) is 4.09. The van der Waals surface area contributed by atoms with Crippen LogP contribution in [0.15, 0.2) is 29.8 Å². The van der Waals surface area contributed by atoms with Crippen molar-refractivity contribution in [3.8, 4) is 12.1 Å². The standard InChI is InChI=1S/C16H11N3S2/c1-19(2)16-7-12-6-14-11(5-15(12)21-16)4-13(20-14)3-10(8-17)9-18/h3-7H,1-2H3. The minimum absolute atomic E-state index is 0.137. The number of nitrogens with zero attached hydrogens (tertiary/aromatic N) is 3. The van der Waals surface area contributed by atoms with Gasteiger partial charge in [0.25, 0.3) is 0 Å². The van der Waals surface area contributed by atoms with E-state index in [-0.39, 0.29) is 5.57 Å². The highest BCUT2D eigenvalue weighted by Gasteiger charge is 2.08. The fourth-order valence-corrected chi connectivity index (χ4v) is 4.16. The average molecular weight is 309 g/mol. The van der Waals surface area contributed by atoms with Gasteiger partial charge in [-0.15, -0.1) is 22.7 Å². The molecular weight excluding hydrogens is 298 g/mol. The molecule has 3 rings (SSSR count). The first-order valence-electron chi connectivity index (χ1n) is 6.27. The molecule has 0 spiro atoms. The molecule has 0 atom stereocenters. The molecule has 0 saturated carbocycles. The number of hydrogen-bond acceptors (Lipinski definition) is 5. The molecule has 0 bridgehead atoms. The van der Waals surface area contributed by atoms with Gasteiger partial charge in [0.05, 0.1) is 5.00 Å². The van der Waals surface area contributed by atoms with Gasteiger partial charge in [0, 0.05) is 28.4 Å². The van der Waals surface area contributed by atoms with Gasteiger partial charge >= 0.3 is 0 Å². The number of fused-ring (bicyclic) bond motifs is 2. The minimum Gasteiger partial charge on any atom is -0.370 e. The van der Waals surface area contributed by atoms with Gasteiger partial charge in [-0.1, -0.05) is 0 Å². The Bertz CT molecular complexity index is 879. The van der Waals surface area contributed by atoms with E-state index in [1.54, 1.807) is 28.7 Å². The first-order valence-corrected chi connectivity index (χ1v) is 7.90. The maximum Gasteiger partial charge on any atom is 0.131 e. The first kappa shape index (κ1) is 13.6. The van der Waals surface area contributed by atoms with E-state index in [1.807, 2.05) is 32.3 Å². The van der Waals surface area contributed by atoms with E-state index in [4.69, 9.17) is 10.5 Å². The van der Waals surface area contributed by atoms with E-state index in [0.29, 0.717) is 0 Å². The van der Waals surface area contributed by atoms with Crippen LogP contribution in [0, 0.1) is 22.7 Å². The van der Waals surface area contributed by atoms with Crippen molar-refractivity contribution >= 4 is 53.9 Å². The lowest BCUT2D eigenvalue weighted by molar-refractivity contribution is 1.16. The molecule has 0 saturated heterocycles. The molecule has 2 heterocycles. The summed E-state index contributed by atoms with van der Waals surface area (Å²) in [6, 6.07) is 12.4. The molecule has 0 radical (unpaired) electrons. The second-order valence-corrected chi connectivity index (χ2v) is 7.01. The molecule has 0 aliphatic carbocycles. The minimum atomic E-state index is 0.137. The van der Waals surface area contributed by atoms with Crippen LogP contribution in [-0.2, 0) is 0 Å². The lowest BCUT2D eigenvalue weighted by Gasteiger charge is -2.06. The van der Waals surface area contributed by atoms with Crippen molar-refractivity contribution in [3.05, 3.63) is 34.7 Å². The fourth-order valence-electron chi connectivity index (χ4n) is 2.10. The van der Waals surface area contributed by atoms with E-state index in [1.165, 1.54) is 19.8 Å². The van der Waals surface area contributed by atoms with Gasteiger partial charge in [0.15, 0.2) is 0 Å². The van der Waals surface area contributed by atoms with Crippen LogP contribution in [0.4, 0.5) is 5.00 Å². The Morgan fingerprint density at radius 1 is 1.00 bits per heavy atom. The largest absolute Gasteiger partial charge is 0.370 e. The van der Waals surface area contributed by atoms with E-state index in [0.717, 1.165) is 10.3 Å². The number of anilines is 1. The van der Waals surface area contributed by atoms with Crippen molar-refractivity contribution in [2.75, 3.05) is 19.0 Å². The summed E-state index contributed by atoms with van der Waals surface area (Å²) in [4.78, 5) is 3.05. The van der Waals surface area contributed by atoms with Crippen LogP contribution in [0.3, 0.4) is 0 Å². The number of benzene rings is 1. The van der Waals surface area contributed by atoms with Gasteiger partial charge in [0.2, 0.25) is 0 Å². The van der Waals surface area contributed by atoms with E-state index < -0.39 is 0 Å². The Morgan fingerprint density at radius 2 is 1.62 bits per heavy atom. The SMILES string of the molecule is CN(C)c1cc2cc3sc(C=C(C#N)C#N)cc3cc2s1. The number of hydrogen-bond donors (Lipinski definition) is 0. The summed E-state index contributed by atoms with van der Waals surface area (Å²) in [5.74, 6) is 0. The predicted molar refractivity (Wildman–Crippen MR) is 90.7 cm³/mol. The molecule has 0 aliphatic heterocycles. The number of thiophene rings is 2. The molecule has 5 heteroatoms. The maximum atomic E-state index is 8.83. The van der Waals surface area contributed by atoms with E-state index >= 15 is 0 Å². The van der Waals surface area contributed by atoms with Crippen molar-refractivity contribution in [3.63, 3.8) is 0 Å². The predicted octanol–water partition coefficient (Wildman–Crippen LogP) is 4.61. The lowest BCUT2D eigenvalue weighted by atomic mass is 10.2. The van der Waals surface area contributed by atoms with Gasteiger partial charge in [-0.25, -0.2) is 0 Å². The number of rotatable bonds is 2. The van der Waals surface area contributed by atoms with Crippen LogP contribution in [-0.4, -0.2) is 14.1 Å². The van der Waals surface area contributed by atoms with Crippen molar-refractivity contribution < 1.29 is 0 Å². The topological polar surface area (TPSA) is 50.8 Å². The maximum absolute atomic E-state index is 8.83. The van der Waals surface area contributed by atoms with Crippen LogP contribution in [0.25, 0.3) is 26.2 Å². The van der Waals surface area contributed by atoms with Gasteiger partial charge < -0.3 is 4.90 Å². The first-order chi connectivity index (χ1) is 10.1. The summed E-state index contributed by atoms with van der Waals surface area (Å²) >= 11 is 3.36. The Hall–Kier alpha value is -2.34. The summed E-state index contributed by atoms with van der Waals surface area (Å²) in [6.07, 6.45) is 1.64.